The van der Waals surface area contributed by atoms with E-state index in [-0.39, 0.29) is 0 Å². The molecule has 0 N–H and O–H groups in total. The molecule has 0 aliphatic carbocycles. The molecule has 34 heavy (non-hydrogen) atoms. The fourth-order valence-electron chi connectivity index (χ4n) is 4.29. The fraction of sp³-hybridized carbons (Fsp3) is 0.276. The Morgan fingerprint density at radius 3 is 1.68 bits per heavy atom. The molecule has 0 saturated carbocycles. The Morgan fingerprint density at radius 1 is 0.676 bits per heavy atom. The van der Waals surface area contributed by atoms with Crippen molar-refractivity contribution >= 4 is 23.0 Å². The standard InChI is InChI=1S/C29H32ClN3O/c1-5-32(6-2)23-17-13-21(14-18-23)27-28(25-11-9-10-12-26(25)30)34-29(31-27)22-15-19-24(20-16-22)33(7-3)8-4/h9-20H,5-8H2,1-4H3. The minimum Gasteiger partial charge on any atom is -0.435 e. The lowest BCUT2D eigenvalue weighted by Crippen LogP contribution is -2.21. The number of rotatable bonds is 9. The van der Waals surface area contributed by atoms with Crippen molar-refractivity contribution in [2.75, 3.05) is 36.0 Å². The van der Waals surface area contributed by atoms with E-state index in [1.165, 1.54) is 11.4 Å². The number of hydrogen-bond donors (Lipinski definition) is 0. The molecule has 4 rings (SSSR count). The van der Waals surface area contributed by atoms with Crippen LogP contribution in [-0.4, -0.2) is 31.2 Å². The van der Waals surface area contributed by atoms with Gasteiger partial charge in [-0.25, -0.2) is 4.98 Å². The molecule has 176 valence electrons. The third-order valence-corrected chi connectivity index (χ3v) is 6.59. The molecule has 0 amide bonds. The van der Waals surface area contributed by atoms with Crippen LogP contribution in [-0.2, 0) is 0 Å². The Kier molecular flexibility index (Phi) is 7.59. The summed E-state index contributed by atoms with van der Waals surface area (Å²) >= 11 is 6.57. The fourth-order valence-corrected chi connectivity index (χ4v) is 4.51. The monoisotopic (exact) mass is 473 g/mol. The Labute approximate surface area is 207 Å². The van der Waals surface area contributed by atoms with Crippen molar-refractivity contribution in [3.8, 4) is 34.0 Å². The van der Waals surface area contributed by atoms with Gasteiger partial charge in [-0.1, -0.05) is 35.9 Å². The third-order valence-electron chi connectivity index (χ3n) is 6.26. The van der Waals surface area contributed by atoms with Crippen LogP contribution in [0.15, 0.2) is 77.2 Å². The summed E-state index contributed by atoms with van der Waals surface area (Å²) in [4.78, 5) is 9.59. The van der Waals surface area contributed by atoms with Gasteiger partial charge >= 0.3 is 0 Å². The summed E-state index contributed by atoms with van der Waals surface area (Å²) in [6.07, 6.45) is 0. The number of anilines is 2. The van der Waals surface area contributed by atoms with E-state index in [1.807, 2.05) is 24.3 Å². The van der Waals surface area contributed by atoms with Crippen molar-refractivity contribution in [3.63, 3.8) is 0 Å². The Bertz CT molecular complexity index is 1210. The number of benzene rings is 3. The summed E-state index contributed by atoms with van der Waals surface area (Å²) in [5, 5.41) is 0.642. The number of aromatic nitrogens is 1. The van der Waals surface area contributed by atoms with Crippen LogP contribution in [0.25, 0.3) is 34.0 Å². The van der Waals surface area contributed by atoms with Crippen LogP contribution in [0.4, 0.5) is 11.4 Å². The number of nitrogens with zero attached hydrogens (tertiary/aromatic N) is 3. The van der Waals surface area contributed by atoms with Crippen molar-refractivity contribution in [1.82, 2.24) is 4.98 Å². The van der Waals surface area contributed by atoms with Gasteiger partial charge in [0.15, 0.2) is 5.76 Å². The highest BCUT2D eigenvalue weighted by atomic mass is 35.5. The van der Waals surface area contributed by atoms with Crippen LogP contribution in [0, 0.1) is 0 Å². The smallest absolute Gasteiger partial charge is 0.227 e. The van der Waals surface area contributed by atoms with Gasteiger partial charge < -0.3 is 14.2 Å². The average molecular weight is 474 g/mol. The Hall–Kier alpha value is -3.24. The van der Waals surface area contributed by atoms with E-state index in [9.17, 15) is 0 Å². The van der Waals surface area contributed by atoms with Gasteiger partial charge in [-0.15, -0.1) is 0 Å². The molecule has 0 saturated heterocycles. The molecule has 3 aromatic carbocycles. The summed E-state index contributed by atoms with van der Waals surface area (Å²) in [6.45, 7) is 12.6. The van der Waals surface area contributed by atoms with Crippen LogP contribution < -0.4 is 9.80 Å². The maximum Gasteiger partial charge on any atom is 0.227 e. The molecule has 1 heterocycles. The molecule has 0 bridgehead atoms. The lowest BCUT2D eigenvalue weighted by molar-refractivity contribution is 0.589. The van der Waals surface area contributed by atoms with Crippen LogP contribution in [0.3, 0.4) is 0 Å². The molecule has 5 heteroatoms. The summed E-state index contributed by atoms with van der Waals surface area (Å²) in [7, 11) is 0. The van der Waals surface area contributed by atoms with Crippen LogP contribution in [0.5, 0.6) is 0 Å². The molecule has 0 unspecified atom stereocenters. The van der Waals surface area contributed by atoms with E-state index in [4.69, 9.17) is 21.0 Å². The van der Waals surface area contributed by atoms with Crippen molar-refractivity contribution in [2.24, 2.45) is 0 Å². The van der Waals surface area contributed by atoms with E-state index >= 15 is 0 Å². The first kappa shape index (κ1) is 23.9. The number of halogens is 1. The molecule has 0 fully saturated rings. The first-order valence-corrected chi connectivity index (χ1v) is 12.4. The van der Waals surface area contributed by atoms with Crippen molar-refractivity contribution in [1.29, 1.82) is 0 Å². The van der Waals surface area contributed by atoms with E-state index in [1.54, 1.807) is 0 Å². The SMILES string of the molecule is CCN(CC)c1ccc(-c2nc(-c3ccc(N(CC)CC)cc3)c(-c3ccccc3Cl)o2)cc1. The molecule has 0 spiro atoms. The van der Waals surface area contributed by atoms with E-state index in [0.29, 0.717) is 16.7 Å². The number of hydrogen-bond acceptors (Lipinski definition) is 4. The Morgan fingerprint density at radius 2 is 1.18 bits per heavy atom. The predicted molar refractivity (Wildman–Crippen MR) is 145 cm³/mol. The molecule has 4 aromatic rings. The zero-order valence-electron chi connectivity index (χ0n) is 20.4. The summed E-state index contributed by atoms with van der Waals surface area (Å²) < 4.78 is 6.38. The molecule has 0 atom stereocenters. The highest BCUT2D eigenvalue weighted by Crippen LogP contribution is 2.39. The molecular formula is C29H32ClN3O. The first-order chi connectivity index (χ1) is 16.6. The Balaban J connectivity index is 1.78. The molecule has 1 aromatic heterocycles. The highest BCUT2D eigenvalue weighted by Gasteiger charge is 2.20. The van der Waals surface area contributed by atoms with Gasteiger partial charge in [-0.05, 0) is 76.2 Å². The van der Waals surface area contributed by atoms with Crippen LogP contribution >= 0.6 is 11.6 Å². The van der Waals surface area contributed by atoms with Crippen molar-refractivity contribution in [2.45, 2.75) is 27.7 Å². The topological polar surface area (TPSA) is 32.5 Å². The van der Waals surface area contributed by atoms with Gasteiger partial charge in [0.05, 0.1) is 5.02 Å². The molecule has 4 nitrogen and oxygen atoms in total. The van der Waals surface area contributed by atoms with Gasteiger partial charge in [0.1, 0.15) is 5.69 Å². The maximum absolute atomic E-state index is 6.57. The highest BCUT2D eigenvalue weighted by molar-refractivity contribution is 6.33. The third kappa shape index (κ3) is 4.83. The predicted octanol–water partition coefficient (Wildman–Crippen LogP) is 8.02. The quantitative estimate of drug-likeness (QED) is 0.246. The van der Waals surface area contributed by atoms with E-state index < -0.39 is 0 Å². The second-order valence-corrected chi connectivity index (χ2v) is 8.52. The van der Waals surface area contributed by atoms with Gasteiger partial charge in [0.2, 0.25) is 5.89 Å². The van der Waals surface area contributed by atoms with E-state index in [2.05, 4.69) is 86.0 Å². The number of oxazole rings is 1. The minimum atomic E-state index is 0.587. The lowest BCUT2D eigenvalue weighted by atomic mass is 10.1. The second-order valence-electron chi connectivity index (χ2n) is 8.11. The van der Waals surface area contributed by atoms with Gasteiger partial charge in [0, 0.05) is 54.2 Å². The maximum atomic E-state index is 6.57. The lowest BCUT2D eigenvalue weighted by Gasteiger charge is -2.21. The van der Waals surface area contributed by atoms with Gasteiger partial charge in [-0.3, -0.25) is 0 Å². The second kappa shape index (κ2) is 10.8. The van der Waals surface area contributed by atoms with E-state index in [0.717, 1.165) is 48.6 Å². The zero-order valence-corrected chi connectivity index (χ0v) is 21.1. The molecular weight excluding hydrogens is 442 g/mol. The first-order valence-electron chi connectivity index (χ1n) is 12.1. The van der Waals surface area contributed by atoms with Gasteiger partial charge in [0.25, 0.3) is 0 Å². The molecule has 0 aliphatic rings. The summed E-state index contributed by atoms with van der Waals surface area (Å²) in [5.41, 5.74) is 5.96. The van der Waals surface area contributed by atoms with Crippen molar-refractivity contribution < 1.29 is 4.42 Å². The normalized spacial score (nSPS) is 11.0. The van der Waals surface area contributed by atoms with Gasteiger partial charge in [-0.2, -0.15) is 0 Å². The average Bonchev–Trinajstić information content (AvgIpc) is 3.32. The summed E-state index contributed by atoms with van der Waals surface area (Å²) in [5.74, 6) is 1.27. The van der Waals surface area contributed by atoms with Crippen LogP contribution in [0.2, 0.25) is 5.02 Å². The minimum absolute atomic E-state index is 0.587. The van der Waals surface area contributed by atoms with Crippen LogP contribution in [0.1, 0.15) is 27.7 Å². The zero-order chi connectivity index (χ0) is 24.1. The molecule has 0 aliphatic heterocycles. The molecule has 0 radical (unpaired) electrons. The van der Waals surface area contributed by atoms with Crippen molar-refractivity contribution in [3.05, 3.63) is 77.8 Å². The summed E-state index contributed by atoms with van der Waals surface area (Å²) in [6, 6.07) is 24.7. The largest absolute Gasteiger partial charge is 0.435 e.